The third-order valence-corrected chi connectivity index (χ3v) is 1.13. The first-order chi connectivity index (χ1) is 3.55. The molecule has 56 valence electrons. The zero-order chi connectivity index (χ0) is 6.73. The summed E-state index contributed by atoms with van der Waals surface area (Å²) in [5.41, 5.74) is 0. The van der Waals surface area contributed by atoms with Crippen LogP contribution in [0.5, 0.6) is 0 Å². The molecule has 0 aliphatic heterocycles. The van der Waals surface area contributed by atoms with Crippen molar-refractivity contribution >= 4 is 5.97 Å². The van der Waals surface area contributed by atoms with Crippen molar-refractivity contribution in [1.82, 2.24) is 4.90 Å². The Morgan fingerprint density at radius 2 is 1.89 bits per heavy atom. The molecule has 0 saturated carbocycles. The number of rotatable bonds is 2. The second kappa shape index (κ2) is 4.26. The Morgan fingerprint density at radius 3 is 1.89 bits per heavy atom. The van der Waals surface area contributed by atoms with Crippen molar-refractivity contribution in [3.05, 3.63) is 0 Å². The van der Waals surface area contributed by atoms with Crippen molar-refractivity contribution < 1.29 is 14.6 Å². The predicted molar refractivity (Wildman–Crippen MR) is 33.3 cm³/mol. The van der Waals surface area contributed by atoms with Crippen LogP contribution >= 0.6 is 0 Å². The van der Waals surface area contributed by atoms with E-state index in [1.54, 1.807) is 25.9 Å². The molecule has 9 heavy (non-hydrogen) atoms. The van der Waals surface area contributed by atoms with Gasteiger partial charge in [-0.25, -0.2) is 0 Å². The van der Waals surface area contributed by atoms with E-state index in [2.05, 4.69) is 0 Å². The molecular weight excluding hydrogens is 125 g/mol. The van der Waals surface area contributed by atoms with Gasteiger partial charge in [0.15, 0.2) is 0 Å². The van der Waals surface area contributed by atoms with Crippen molar-refractivity contribution in [1.29, 1.82) is 0 Å². The molecule has 1 N–H and O–H groups in total. The van der Waals surface area contributed by atoms with Crippen molar-refractivity contribution in [3.63, 3.8) is 0 Å². The van der Waals surface area contributed by atoms with Gasteiger partial charge in [-0.05, 0) is 21.0 Å². The minimum Gasteiger partial charge on any atom is -0.480 e. The Morgan fingerprint density at radius 1 is 1.56 bits per heavy atom. The highest BCUT2D eigenvalue weighted by atomic mass is 19.0. The molecular formula is C5H12FNO2. The minimum absolute atomic E-state index is 0. The number of hydrogen-bond donors (Lipinski definition) is 1. The normalized spacial score (nSPS) is 12.4. The molecule has 0 aliphatic rings. The maximum atomic E-state index is 10.1. The van der Waals surface area contributed by atoms with Crippen LogP contribution in [0.2, 0.25) is 0 Å². The summed E-state index contributed by atoms with van der Waals surface area (Å²) in [4.78, 5) is 11.7. The van der Waals surface area contributed by atoms with Crippen molar-refractivity contribution in [2.75, 3.05) is 14.1 Å². The van der Waals surface area contributed by atoms with Gasteiger partial charge in [-0.15, -0.1) is 0 Å². The lowest BCUT2D eigenvalue weighted by atomic mass is 10.3. The van der Waals surface area contributed by atoms with Crippen LogP contribution in [0.4, 0.5) is 4.70 Å². The molecule has 0 saturated heterocycles. The van der Waals surface area contributed by atoms with Crippen LogP contribution in [0.25, 0.3) is 0 Å². The Kier molecular flexibility index (Phi) is 5.30. The number of hydrogen-bond acceptors (Lipinski definition) is 2. The fraction of sp³-hybridized carbons (Fsp3) is 0.800. The first-order valence-electron chi connectivity index (χ1n) is 2.45. The second-order valence-corrected chi connectivity index (χ2v) is 1.98. The Balaban J connectivity index is 0. The smallest absolute Gasteiger partial charge is 0.320 e. The topological polar surface area (TPSA) is 40.5 Å². The first-order valence-corrected chi connectivity index (χ1v) is 2.45. The molecule has 3 nitrogen and oxygen atoms in total. The van der Waals surface area contributed by atoms with Gasteiger partial charge in [-0.2, -0.15) is 0 Å². The van der Waals surface area contributed by atoms with Crippen molar-refractivity contribution in [2.45, 2.75) is 13.0 Å². The van der Waals surface area contributed by atoms with Crippen LogP contribution in [0.15, 0.2) is 0 Å². The van der Waals surface area contributed by atoms with Gasteiger partial charge in [0.25, 0.3) is 0 Å². The number of likely N-dealkylation sites (N-methyl/N-ethyl adjacent to an activating group) is 1. The molecule has 0 spiro atoms. The molecule has 0 fully saturated rings. The van der Waals surface area contributed by atoms with E-state index in [9.17, 15) is 4.79 Å². The van der Waals surface area contributed by atoms with Gasteiger partial charge >= 0.3 is 5.97 Å². The summed E-state index contributed by atoms with van der Waals surface area (Å²) in [5.74, 6) is -0.782. The maximum Gasteiger partial charge on any atom is 0.320 e. The molecule has 0 bridgehead atoms. The largest absolute Gasteiger partial charge is 0.480 e. The highest BCUT2D eigenvalue weighted by Crippen LogP contribution is 1.88. The molecule has 0 aromatic carbocycles. The van der Waals surface area contributed by atoms with E-state index in [0.717, 1.165) is 0 Å². The van der Waals surface area contributed by atoms with Crippen molar-refractivity contribution in [3.8, 4) is 0 Å². The lowest BCUT2D eigenvalue weighted by molar-refractivity contribution is -0.141. The van der Waals surface area contributed by atoms with Gasteiger partial charge in [0.1, 0.15) is 6.04 Å². The Labute approximate surface area is 53.6 Å². The summed E-state index contributed by atoms with van der Waals surface area (Å²) in [7, 11) is 3.47. The second-order valence-electron chi connectivity index (χ2n) is 1.98. The number of carbonyl (C=O) groups is 1. The van der Waals surface area contributed by atoms with Crippen molar-refractivity contribution in [2.24, 2.45) is 0 Å². The van der Waals surface area contributed by atoms with Gasteiger partial charge in [0, 0.05) is 0 Å². The van der Waals surface area contributed by atoms with Gasteiger partial charge in [0.05, 0.1) is 0 Å². The maximum absolute atomic E-state index is 10.1. The third-order valence-electron chi connectivity index (χ3n) is 1.13. The van der Waals surface area contributed by atoms with E-state index < -0.39 is 5.97 Å². The third kappa shape index (κ3) is 3.90. The quantitative estimate of drug-likeness (QED) is 0.590. The molecule has 0 aliphatic carbocycles. The summed E-state index contributed by atoms with van der Waals surface area (Å²) in [6.07, 6.45) is 0. The lowest BCUT2D eigenvalue weighted by Gasteiger charge is -2.13. The monoisotopic (exact) mass is 137 g/mol. The minimum atomic E-state index is -0.782. The highest BCUT2D eigenvalue weighted by Gasteiger charge is 2.11. The number of carboxylic acids is 1. The number of halogens is 1. The molecule has 0 heterocycles. The molecule has 4 heteroatoms. The van der Waals surface area contributed by atoms with Crippen LogP contribution in [0.3, 0.4) is 0 Å². The molecule has 1 atom stereocenters. The van der Waals surface area contributed by atoms with E-state index in [1.165, 1.54) is 0 Å². The average Bonchev–Trinajstić information content (AvgIpc) is 1.64. The standard InChI is InChI=1S/C5H11NO2.FH/c1-4(5(7)8)6(2)3;/h4H,1-3H3,(H,7,8);1H. The molecule has 0 rings (SSSR count). The summed E-state index contributed by atoms with van der Waals surface area (Å²) in [6, 6.07) is -0.380. The molecule has 0 aromatic heterocycles. The summed E-state index contributed by atoms with van der Waals surface area (Å²) in [5, 5.41) is 8.31. The van der Waals surface area contributed by atoms with Crippen LogP contribution in [0.1, 0.15) is 6.92 Å². The van der Waals surface area contributed by atoms with Gasteiger partial charge in [-0.3, -0.25) is 14.4 Å². The van der Waals surface area contributed by atoms with Gasteiger partial charge < -0.3 is 5.11 Å². The molecule has 1 unspecified atom stereocenters. The SMILES string of the molecule is CC(C(=O)O)N(C)C.F. The number of carboxylic acid groups (broad SMARTS) is 1. The number of aliphatic carboxylic acids is 1. The lowest BCUT2D eigenvalue weighted by Crippen LogP contribution is -2.32. The van der Waals surface area contributed by atoms with Crippen LogP contribution in [-0.4, -0.2) is 36.1 Å². The highest BCUT2D eigenvalue weighted by molar-refractivity contribution is 5.72. The van der Waals surface area contributed by atoms with Crippen LogP contribution in [-0.2, 0) is 4.79 Å². The van der Waals surface area contributed by atoms with E-state index in [4.69, 9.17) is 5.11 Å². The summed E-state index contributed by atoms with van der Waals surface area (Å²) >= 11 is 0. The number of nitrogens with zero attached hydrogens (tertiary/aromatic N) is 1. The van der Waals surface area contributed by atoms with Gasteiger partial charge in [-0.1, -0.05) is 0 Å². The average molecular weight is 137 g/mol. The summed E-state index contributed by atoms with van der Waals surface area (Å²) in [6.45, 7) is 1.64. The van der Waals surface area contributed by atoms with E-state index in [0.29, 0.717) is 0 Å². The fourth-order valence-electron chi connectivity index (χ4n) is 0.221. The Bertz CT molecular complexity index is 95.0. The molecule has 0 amide bonds. The first kappa shape index (κ1) is 11.2. The summed E-state index contributed by atoms with van der Waals surface area (Å²) < 4.78 is 0. The zero-order valence-corrected chi connectivity index (χ0v) is 5.79. The van der Waals surface area contributed by atoms with Crippen LogP contribution in [0, 0.1) is 0 Å². The Hall–Kier alpha value is -0.640. The van der Waals surface area contributed by atoms with E-state index in [-0.39, 0.29) is 10.7 Å². The van der Waals surface area contributed by atoms with E-state index >= 15 is 0 Å². The molecule has 0 aromatic rings. The van der Waals surface area contributed by atoms with Crippen LogP contribution < -0.4 is 0 Å². The van der Waals surface area contributed by atoms with E-state index in [1.807, 2.05) is 0 Å². The zero-order valence-electron chi connectivity index (χ0n) is 5.79. The fourth-order valence-corrected chi connectivity index (χ4v) is 0.221. The van der Waals surface area contributed by atoms with Gasteiger partial charge in [0.2, 0.25) is 0 Å². The molecule has 0 radical (unpaired) electrons. The predicted octanol–water partition coefficient (Wildman–Crippen LogP) is 0.174.